The molecule has 0 aliphatic rings. The topological polar surface area (TPSA) is 53.5 Å². The summed E-state index contributed by atoms with van der Waals surface area (Å²) >= 11 is 1.75. The van der Waals surface area contributed by atoms with Crippen molar-refractivity contribution in [3.05, 3.63) is 29.3 Å². The zero-order valence-corrected chi connectivity index (χ0v) is 19.4. The van der Waals surface area contributed by atoms with E-state index >= 15 is 0 Å². The van der Waals surface area contributed by atoms with Gasteiger partial charge in [0, 0.05) is 46.3 Å². The van der Waals surface area contributed by atoms with Crippen molar-refractivity contribution >= 4 is 52.5 Å². The number of benzene rings is 1. The van der Waals surface area contributed by atoms with Gasteiger partial charge < -0.3 is 10.6 Å². The first-order valence-corrected chi connectivity index (χ1v) is 10.3. The smallest absolute Gasteiger partial charge is 0.191 e. The number of thioether (sulfide) groups is 1. The Bertz CT molecular complexity index is 571. The molecule has 0 amide bonds. The number of guanidine groups is 1. The molecule has 138 valence electrons. The highest BCUT2D eigenvalue weighted by molar-refractivity contribution is 14.0. The normalized spacial score (nSPS) is 13.2. The molecule has 1 rings (SSSR count). The molecule has 7 heteroatoms. The van der Waals surface area contributed by atoms with E-state index < -0.39 is 10.8 Å². The highest BCUT2D eigenvalue weighted by Crippen LogP contribution is 2.21. The Kier molecular flexibility index (Phi) is 11.2. The maximum Gasteiger partial charge on any atom is 0.191 e. The van der Waals surface area contributed by atoms with Gasteiger partial charge in [-0.1, -0.05) is 12.1 Å². The lowest BCUT2D eigenvalue weighted by atomic mass is 10.1. The minimum atomic E-state index is -0.852. The van der Waals surface area contributed by atoms with Gasteiger partial charge in [0.1, 0.15) is 0 Å². The molecular weight excluding hydrogens is 453 g/mol. The summed E-state index contributed by atoms with van der Waals surface area (Å²) in [6.07, 6.45) is 2.09. The number of aryl methyl sites for hydroxylation is 1. The van der Waals surface area contributed by atoms with Crippen molar-refractivity contribution in [3.63, 3.8) is 0 Å². The van der Waals surface area contributed by atoms with Crippen LogP contribution in [-0.4, -0.2) is 40.5 Å². The first-order valence-electron chi connectivity index (χ1n) is 7.74. The van der Waals surface area contributed by atoms with Gasteiger partial charge in [0.25, 0.3) is 0 Å². The fraction of sp³-hybridized carbons (Fsp3) is 0.588. The molecule has 0 fully saturated rings. The highest BCUT2D eigenvalue weighted by Gasteiger charge is 2.18. The van der Waals surface area contributed by atoms with E-state index in [-0.39, 0.29) is 28.7 Å². The number of nitrogens with one attached hydrogen (secondary N) is 2. The second kappa shape index (κ2) is 11.4. The monoisotopic (exact) mass is 483 g/mol. The third-order valence-corrected chi connectivity index (χ3v) is 6.14. The van der Waals surface area contributed by atoms with E-state index in [1.807, 2.05) is 20.8 Å². The maximum absolute atomic E-state index is 12.0. The number of rotatable bonds is 6. The largest absolute Gasteiger partial charge is 0.355 e. The van der Waals surface area contributed by atoms with Crippen molar-refractivity contribution in [2.45, 2.75) is 43.9 Å². The fourth-order valence-corrected chi connectivity index (χ4v) is 3.57. The number of aliphatic imine (C=N–C) groups is 1. The Hall–Kier alpha value is -0.280. The van der Waals surface area contributed by atoms with Gasteiger partial charge in [-0.05, 0) is 51.1 Å². The van der Waals surface area contributed by atoms with Crippen LogP contribution in [0.4, 0.5) is 0 Å². The maximum atomic E-state index is 12.0. The summed E-state index contributed by atoms with van der Waals surface area (Å²) in [5.74, 6) is 1.36. The second-order valence-electron chi connectivity index (χ2n) is 6.33. The van der Waals surface area contributed by atoms with Gasteiger partial charge in [-0.2, -0.15) is 0 Å². The van der Waals surface area contributed by atoms with Crippen molar-refractivity contribution in [1.29, 1.82) is 0 Å². The van der Waals surface area contributed by atoms with Gasteiger partial charge in [0.05, 0.1) is 0 Å². The van der Waals surface area contributed by atoms with Gasteiger partial charge in [-0.15, -0.1) is 35.7 Å². The summed E-state index contributed by atoms with van der Waals surface area (Å²) in [5.41, 5.74) is 2.52. The van der Waals surface area contributed by atoms with Crippen molar-refractivity contribution < 1.29 is 4.21 Å². The van der Waals surface area contributed by atoms with Crippen molar-refractivity contribution in [2.75, 3.05) is 25.6 Å². The summed E-state index contributed by atoms with van der Waals surface area (Å²) in [6.45, 7) is 9.46. The molecule has 1 aromatic carbocycles. The van der Waals surface area contributed by atoms with E-state index in [1.165, 1.54) is 16.0 Å². The molecule has 0 spiro atoms. The second-order valence-corrected chi connectivity index (χ2v) is 9.50. The Labute approximate surface area is 170 Å². The lowest BCUT2D eigenvalue weighted by Crippen LogP contribution is -2.40. The number of nitrogens with zero attached hydrogens (tertiary/aromatic N) is 1. The molecule has 0 aliphatic heterocycles. The predicted molar refractivity (Wildman–Crippen MR) is 119 cm³/mol. The third-order valence-electron chi connectivity index (χ3n) is 3.38. The average Bonchev–Trinajstić information content (AvgIpc) is 2.50. The van der Waals surface area contributed by atoms with Gasteiger partial charge >= 0.3 is 0 Å². The van der Waals surface area contributed by atoms with Gasteiger partial charge in [0.15, 0.2) is 5.96 Å². The number of hydrogen-bond acceptors (Lipinski definition) is 3. The highest BCUT2D eigenvalue weighted by atomic mass is 127. The number of halogens is 1. The lowest BCUT2D eigenvalue weighted by molar-refractivity contribution is 0.647. The van der Waals surface area contributed by atoms with Crippen LogP contribution >= 0.6 is 35.7 Å². The summed E-state index contributed by atoms with van der Waals surface area (Å²) in [6, 6.07) is 6.47. The van der Waals surface area contributed by atoms with E-state index in [9.17, 15) is 4.21 Å². The molecule has 2 N–H and O–H groups in total. The van der Waals surface area contributed by atoms with Crippen molar-refractivity contribution in [2.24, 2.45) is 4.99 Å². The molecule has 4 nitrogen and oxygen atoms in total. The van der Waals surface area contributed by atoms with Crippen LogP contribution in [0.3, 0.4) is 0 Å². The molecule has 0 bridgehead atoms. The summed E-state index contributed by atoms with van der Waals surface area (Å²) < 4.78 is 11.9. The van der Waals surface area contributed by atoms with Crippen LogP contribution in [0.5, 0.6) is 0 Å². The van der Waals surface area contributed by atoms with E-state index in [1.54, 1.807) is 18.8 Å². The van der Waals surface area contributed by atoms with Gasteiger partial charge in [-0.25, -0.2) is 0 Å². The molecule has 0 saturated heterocycles. The zero-order valence-electron chi connectivity index (χ0n) is 15.4. The van der Waals surface area contributed by atoms with E-state index in [4.69, 9.17) is 0 Å². The van der Waals surface area contributed by atoms with Crippen LogP contribution in [0.2, 0.25) is 0 Å². The summed E-state index contributed by atoms with van der Waals surface area (Å²) in [7, 11) is 0.899. The molecule has 1 aromatic rings. The molecule has 24 heavy (non-hydrogen) atoms. The van der Waals surface area contributed by atoms with Crippen molar-refractivity contribution in [3.8, 4) is 0 Å². The third kappa shape index (κ3) is 8.20. The molecule has 1 unspecified atom stereocenters. The zero-order chi connectivity index (χ0) is 17.5. The summed E-state index contributed by atoms with van der Waals surface area (Å²) in [5, 5.41) is 6.55. The molecule has 0 aliphatic carbocycles. The minimum Gasteiger partial charge on any atom is -0.355 e. The standard InChI is InChI=1S/C17H29N3OS2.HI/c1-13-7-8-14(15(11-13)22-6)12-20-16(18-5)19-9-10-23(21)17(2,3)4;/h7-8,11H,9-10,12H2,1-6H3,(H2,18,19,20);1H. The molecular formula is C17H30IN3OS2. The Morgan fingerprint density at radius 1 is 1.29 bits per heavy atom. The lowest BCUT2D eigenvalue weighted by Gasteiger charge is -2.18. The van der Waals surface area contributed by atoms with E-state index in [2.05, 4.69) is 47.0 Å². The van der Waals surface area contributed by atoms with Gasteiger partial charge in [-0.3, -0.25) is 9.20 Å². The number of hydrogen-bond donors (Lipinski definition) is 2. The Balaban J connectivity index is 0.00000529. The Morgan fingerprint density at radius 3 is 2.50 bits per heavy atom. The average molecular weight is 483 g/mol. The predicted octanol–water partition coefficient (Wildman–Crippen LogP) is 3.55. The van der Waals surface area contributed by atoms with Crippen molar-refractivity contribution in [1.82, 2.24) is 10.6 Å². The molecule has 0 heterocycles. The molecule has 0 aromatic heterocycles. The quantitative estimate of drug-likeness (QED) is 0.281. The first kappa shape index (κ1) is 23.7. The summed E-state index contributed by atoms with van der Waals surface area (Å²) in [4.78, 5) is 5.50. The molecule has 0 saturated carbocycles. The molecule has 0 radical (unpaired) electrons. The van der Waals surface area contributed by atoms with Crippen LogP contribution in [0.1, 0.15) is 31.9 Å². The van der Waals surface area contributed by atoms with Crippen LogP contribution in [0.15, 0.2) is 28.1 Å². The Morgan fingerprint density at radius 2 is 1.96 bits per heavy atom. The van der Waals surface area contributed by atoms with E-state index in [0.29, 0.717) is 12.3 Å². The SMILES string of the molecule is CN=C(NCCS(=O)C(C)(C)C)NCc1ccc(C)cc1SC.I. The molecule has 1 atom stereocenters. The first-order chi connectivity index (χ1) is 10.8. The van der Waals surface area contributed by atoms with Gasteiger partial charge in [0.2, 0.25) is 0 Å². The van der Waals surface area contributed by atoms with Crippen LogP contribution in [0.25, 0.3) is 0 Å². The van der Waals surface area contributed by atoms with Crippen LogP contribution in [0, 0.1) is 6.92 Å². The van der Waals surface area contributed by atoms with Crippen LogP contribution < -0.4 is 10.6 Å². The van der Waals surface area contributed by atoms with E-state index in [0.717, 1.165) is 12.5 Å². The fourth-order valence-electron chi connectivity index (χ4n) is 1.97. The minimum absolute atomic E-state index is 0. The van der Waals surface area contributed by atoms with Crippen LogP contribution in [-0.2, 0) is 17.3 Å².